The van der Waals surface area contributed by atoms with Crippen LogP contribution in [0.25, 0.3) is 38.8 Å². The van der Waals surface area contributed by atoms with Gasteiger partial charge in [-0.2, -0.15) is 0 Å². The Morgan fingerprint density at radius 1 is 0.946 bits per heavy atom. The molecule has 3 aromatic carbocycles. The fraction of sp³-hybridized carbons (Fsp3) is 0.179. The molecule has 0 unspecified atom stereocenters. The number of aromatic amines is 1. The number of nitrogens with one attached hydrogen (secondary N) is 2. The molecular weight excluding hydrogens is 493 g/mol. The van der Waals surface area contributed by atoms with Crippen molar-refractivity contribution in [1.29, 1.82) is 0 Å². The highest BCUT2D eigenvalue weighted by molar-refractivity contribution is 6.32. The van der Waals surface area contributed by atoms with Crippen LogP contribution in [0, 0.1) is 5.82 Å². The van der Waals surface area contributed by atoms with Gasteiger partial charge in [0.15, 0.2) is 0 Å². The Morgan fingerprint density at radius 3 is 2.41 bits per heavy atom. The van der Waals surface area contributed by atoms with E-state index >= 15 is 0 Å². The fourth-order valence-electron chi connectivity index (χ4n) is 5.03. The zero-order valence-electron chi connectivity index (χ0n) is 20.1. The van der Waals surface area contributed by atoms with Crippen LogP contribution in [0.3, 0.4) is 0 Å². The van der Waals surface area contributed by atoms with Gasteiger partial charge in [-0.05, 0) is 53.6 Å². The number of rotatable bonds is 4. The average molecular weight is 518 g/mol. The van der Waals surface area contributed by atoms with Crippen molar-refractivity contribution in [2.75, 3.05) is 31.1 Å². The molecule has 0 radical (unpaired) electrons. The van der Waals surface area contributed by atoms with Gasteiger partial charge in [-0.15, -0.1) is 0 Å². The highest BCUT2D eigenvalue weighted by Crippen LogP contribution is 2.42. The molecule has 1 aliphatic rings. The molecule has 3 heterocycles. The molecule has 0 amide bonds. The number of hydrogen-bond donors (Lipinski definition) is 3. The van der Waals surface area contributed by atoms with Crippen molar-refractivity contribution in [2.45, 2.75) is 0 Å². The van der Waals surface area contributed by atoms with Gasteiger partial charge in [0, 0.05) is 79.5 Å². The first-order chi connectivity index (χ1) is 17.9. The van der Waals surface area contributed by atoms with Crippen LogP contribution in [0.5, 0.6) is 5.75 Å². The number of fused-ring (bicyclic) bond motifs is 1. The molecule has 0 aliphatic carbocycles. The molecule has 0 atom stereocenters. The van der Waals surface area contributed by atoms with Crippen LogP contribution < -0.4 is 15.9 Å². The summed E-state index contributed by atoms with van der Waals surface area (Å²) in [6, 6.07) is 13.7. The number of benzene rings is 3. The molecule has 3 N–H and O–H groups in total. The standard InChI is InChI=1S/C28H25ClFN5O2/c1-33-10-11-35(28(33)37)25-3-2-17(12-23(25)29)21-15-19(30)16-22(27(21)36)18-13-24-20(4-5-32-24)26(14-18)34-8-6-31-7-9-34/h2-5,10-16,31-32,36H,6-9H2,1H3. The van der Waals surface area contributed by atoms with Gasteiger partial charge >= 0.3 is 5.69 Å². The van der Waals surface area contributed by atoms with E-state index < -0.39 is 5.82 Å². The second kappa shape index (κ2) is 9.14. The molecule has 1 saturated heterocycles. The van der Waals surface area contributed by atoms with Crippen molar-refractivity contribution in [3.8, 4) is 33.7 Å². The van der Waals surface area contributed by atoms with Crippen molar-refractivity contribution in [3.05, 3.63) is 88.4 Å². The van der Waals surface area contributed by atoms with Gasteiger partial charge in [0.25, 0.3) is 0 Å². The highest BCUT2D eigenvalue weighted by atomic mass is 35.5. The van der Waals surface area contributed by atoms with E-state index in [2.05, 4.69) is 15.2 Å². The summed E-state index contributed by atoms with van der Waals surface area (Å²) in [4.78, 5) is 17.9. The molecule has 0 spiro atoms. The molecule has 0 bridgehead atoms. The van der Waals surface area contributed by atoms with Crippen LogP contribution in [0.15, 0.2) is 71.9 Å². The molecular formula is C28H25ClFN5O2. The van der Waals surface area contributed by atoms with Gasteiger partial charge in [0.1, 0.15) is 11.6 Å². The van der Waals surface area contributed by atoms with Crippen LogP contribution in [-0.2, 0) is 7.05 Å². The van der Waals surface area contributed by atoms with Crippen molar-refractivity contribution >= 4 is 28.2 Å². The first kappa shape index (κ1) is 23.4. The summed E-state index contributed by atoms with van der Waals surface area (Å²) < 4.78 is 17.9. The zero-order valence-corrected chi connectivity index (χ0v) is 20.9. The molecule has 6 rings (SSSR count). The largest absolute Gasteiger partial charge is 0.507 e. The first-order valence-electron chi connectivity index (χ1n) is 12.0. The van der Waals surface area contributed by atoms with Gasteiger partial charge in [0.05, 0.1) is 10.7 Å². The van der Waals surface area contributed by atoms with E-state index in [9.17, 15) is 14.3 Å². The van der Waals surface area contributed by atoms with Crippen molar-refractivity contribution in [2.24, 2.45) is 7.05 Å². The van der Waals surface area contributed by atoms with Gasteiger partial charge in [0.2, 0.25) is 0 Å². The molecule has 1 fully saturated rings. The number of aromatic nitrogens is 3. The second-order valence-electron chi connectivity index (χ2n) is 9.25. The van der Waals surface area contributed by atoms with E-state index in [1.54, 1.807) is 37.6 Å². The lowest BCUT2D eigenvalue weighted by Crippen LogP contribution is -2.43. The summed E-state index contributed by atoms with van der Waals surface area (Å²) >= 11 is 6.54. The number of halogens is 2. The Balaban J connectivity index is 1.46. The normalized spacial score (nSPS) is 14.0. The summed E-state index contributed by atoms with van der Waals surface area (Å²) in [5.74, 6) is -0.517. The number of H-pyrrole nitrogens is 1. The second-order valence-corrected chi connectivity index (χ2v) is 9.66. The number of aromatic hydroxyl groups is 1. The maximum absolute atomic E-state index is 15.0. The number of hydrogen-bond acceptors (Lipinski definition) is 4. The molecule has 1 aliphatic heterocycles. The number of phenols is 1. The van der Waals surface area contributed by atoms with E-state index in [0.717, 1.165) is 42.8 Å². The third-order valence-corrected chi connectivity index (χ3v) is 7.26. The van der Waals surface area contributed by atoms with Crippen LogP contribution in [0.2, 0.25) is 5.02 Å². The van der Waals surface area contributed by atoms with Gasteiger partial charge in [-0.1, -0.05) is 17.7 Å². The fourth-order valence-corrected chi connectivity index (χ4v) is 5.30. The smallest absolute Gasteiger partial charge is 0.332 e. The van der Waals surface area contributed by atoms with E-state index in [1.807, 2.05) is 24.4 Å². The van der Waals surface area contributed by atoms with Crippen LogP contribution in [0.4, 0.5) is 10.1 Å². The summed E-state index contributed by atoms with van der Waals surface area (Å²) in [5, 5.41) is 16.1. The van der Waals surface area contributed by atoms with E-state index in [0.29, 0.717) is 33.0 Å². The van der Waals surface area contributed by atoms with E-state index in [-0.39, 0.29) is 11.4 Å². The van der Waals surface area contributed by atoms with Crippen molar-refractivity contribution < 1.29 is 9.50 Å². The summed E-state index contributed by atoms with van der Waals surface area (Å²) in [7, 11) is 1.66. The monoisotopic (exact) mass is 517 g/mol. The quantitative estimate of drug-likeness (QED) is 0.317. The van der Waals surface area contributed by atoms with Crippen molar-refractivity contribution in [1.82, 2.24) is 19.4 Å². The van der Waals surface area contributed by atoms with E-state index in [1.165, 1.54) is 21.3 Å². The Labute approximate surface area is 217 Å². The van der Waals surface area contributed by atoms with Gasteiger partial charge in [-0.3, -0.25) is 4.57 Å². The third-order valence-electron chi connectivity index (χ3n) is 6.96. The summed E-state index contributed by atoms with van der Waals surface area (Å²) in [6.45, 7) is 3.49. The maximum Gasteiger partial charge on any atom is 0.332 e. The lowest BCUT2D eigenvalue weighted by Gasteiger charge is -2.30. The number of anilines is 1. The topological polar surface area (TPSA) is 78.2 Å². The van der Waals surface area contributed by atoms with Crippen LogP contribution >= 0.6 is 11.6 Å². The number of imidazole rings is 1. The molecule has 2 aromatic heterocycles. The number of phenolic OH excluding ortho intramolecular Hbond substituents is 1. The number of nitrogens with zero attached hydrogens (tertiary/aromatic N) is 3. The predicted molar refractivity (Wildman–Crippen MR) is 145 cm³/mol. The Bertz CT molecular complexity index is 1700. The third kappa shape index (κ3) is 4.08. The number of piperazine rings is 1. The van der Waals surface area contributed by atoms with Crippen LogP contribution in [-0.4, -0.2) is 45.4 Å². The Morgan fingerprint density at radius 2 is 1.70 bits per heavy atom. The van der Waals surface area contributed by atoms with Gasteiger partial charge in [-0.25, -0.2) is 9.18 Å². The number of aryl methyl sites for hydroxylation is 1. The average Bonchev–Trinajstić information content (AvgIpc) is 3.51. The summed E-state index contributed by atoms with van der Waals surface area (Å²) in [6.07, 6.45) is 5.17. The van der Waals surface area contributed by atoms with E-state index in [4.69, 9.17) is 11.6 Å². The molecule has 37 heavy (non-hydrogen) atoms. The SMILES string of the molecule is Cn1ccn(-c2ccc(-c3cc(F)cc(-c4cc(N5CCNCC5)c5cc[nH]c5c4)c3O)cc2Cl)c1=O. The van der Waals surface area contributed by atoms with Crippen molar-refractivity contribution in [3.63, 3.8) is 0 Å². The molecule has 9 heteroatoms. The molecule has 7 nitrogen and oxygen atoms in total. The summed E-state index contributed by atoms with van der Waals surface area (Å²) in [5.41, 5.74) is 4.19. The van der Waals surface area contributed by atoms with Crippen LogP contribution in [0.1, 0.15) is 0 Å². The minimum atomic E-state index is -0.474. The highest BCUT2D eigenvalue weighted by Gasteiger charge is 2.20. The Hall–Kier alpha value is -4.01. The lowest BCUT2D eigenvalue weighted by molar-refractivity contribution is 0.477. The molecule has 0 saturated carbocycles. The first-order valence-corrected chi connectivity index (χ1v) is 12.4. The Kier molecular flexibility index (Phi) is 5.78. The zero-order chi connectivity index (χ0) is 25.7. The van der Waals surface area contributed by atoms with Gasteiger partial charge < -0.3 is 24.9 Å². The molecule has 5 aromatic rings. The lowest BCUT2D eigenvalue weighted by atomic mass is 9.95. The predicted octanol–water partition coefficient (Wildman–Crippen LogP) is 4.90. The minimum Gasteiger partial charge on any atom is -0.507 e. The maximum atomic E-state index is 15.0. The molecule has 188 valence electrons. The minimum absolute atomic E-state index is 0.0424.